The normalized spacial score (nSPS) is 10.4. The molecule has 0 spiro atoms. The first-order chi connectivity index (χ1) is 7.66. The Kier molecular flexibility index (Phi) is 3.74. The van der Waals surface area contributed by atoms with Gasteiger partial charge >= 0.3 is 0 Å². The van der Waals surface area contributed by atoms with Gasteiger partial charge in [-0.25, -0.2) is 0 Å². The minimum Gasteiger partial charge on any atom is -0.398 e. The highest BCUT2D eigenvalue weighted by Gasteiger charge is 2.03. The Labute approximate surface area is 112 Å². The van der Waals surface area contributed by atoms with E-state index in [0.717, 1.165) is 20.7 Å². The van der Waals surface area contributed by atoms with E-state index in [4.69, 9.17) is 17.3 Å². The maximum atomic E-state index is 6.09. The molecule has 2 aromatic rings. The maximum absolute atomic E-state index is 6.09. The van der Waals surface area contributed by atoms with Crippen LogP contribution in [0.1, 0.15) is 4.88 Å². The molecule has 0 unspecified atom stereocenters. The highest BCUT2D eigenvalue weighted by molar-refractivity contribution is 9.10. The Hall–Kier alpha value is -0.710. The standard InChI is InChI=1S/C11H10BrClN2S/c12-7-1-2-10(8(13)5-7)15-6-11-9(14)3-4-16-11/h1-5,15H,6,14H2. The largest absolute Gasteiger partial charge is 0.398 e. The minimum absolute atomic E-state index is 0.699. The van der Waals surface area contributed by atoms with E-state index in [9.17, 15) is 0 Å². The van der Waals surface area contributed by atoms with Crippen LogP contribution in [0.3, 0.4) is 0 Å². The number of nitrogens with one attached hydrogen (secondary N) is 1. The molecule has 5 heteroatoms. The molecular formula is C11H10BrClN2S. The molecule has 16 heavy (non-hydrogen) atoms. The van der Waals surface area contributed by atoms with Crippen LogP contribution < -0.4 is 11.1 Å². The summed E-state index contributed by atoms with van der Waals surface area (Å²) in [5.41, 5.74) is 7.54. The summed E-state index contributed by atoms with van der Waals surface area (Å²) in [6.45, 7) is 0.699. The van der Waals surface area contributed by atoms with E-state index >= 15 is 0 Å². The van der Waals surface area contributed by atoms with Crippen LogP contribution in [0, 0.1) is 0 Å². The summed E-state index contributed by atoms with van der Waals surface area (Å²) in [6, 6.07) is 7.66. The second-order valence-electron chi connectivity index (χ2n) is 3.28. The first kappa shape index (κ1) is 11.8. The Morgan fingerprint density at radius 1 is 1.38 bits per heavy atom. The lowest BCUT2D eigenvalue weighted by Gasteiger charge is -2.08. The van der Waals surface area contributed by atoms with Crippen molar-refractivity contribution >= 4 is 50.2 Å². The molecule has 0 saturated carbocycles. The van der Waals surface area contributed by atoms with Crippen molar-refractivity contribution in [2.75, 3.05) is 11.1 Å². The summed E-state index contributed by atoms with van der Waals surface area (Å²) in [5, 5.41) is 5.94. The average Bonchev–Trinajstić information content (AvgIpc) is 2.63. The van der Waals surface area contributed by atoms with E-state index in [2.05, 4.69) is 21.2 Å². The Morgan fingerprint density at radius 2 is 2.19 bits per heavy atom. The van der Waals surface area contributed by atoms with Gasteiger partial charge < -0.3 is 11.1 Å². The zero-order chi connectivity index (χ0) is 11.5. The lowest BCUT2D eigenvalue weighted by atomic mass is 10.3. The van der Waals surface area contributed by atoms with Crippen molar-refractivity contribution < 1.29 is 0 Å². The van der Waals surface area contributed by atoms with Crippen molar-refractivity contribution in [3.63, 3.8) is 0 Å². The van der Waals surface area contributed by atoms with E-state index in [-0.39, 0.29) is 0 Å². The molecule has 1 aromatic heterocycles. The number of halogens is 2. The van der Waals surface area contributed by atoms with Crippen molar-refractivity contribution in [1.82, 2.24) is 0 Å². The Balaban J connectivity index is 2.08. The second kappa shape index (κ2) is 5.08. The van der Waals surface area contributed by atoms with Gasteiger partial charge in [0.25, 0.3) is 0 Å². The summed E-state index contributed by atoms with van der Waals surface area (Å²) >= 11 is 11.1. The number of anilines is 2. The summed E-state index contributed by atoms with van der Waals surface area (Å²) in [4.78, 5) is 1.12. The van der Waals surface area contributed by atoms with Gasteiger partial charge in [0.15, 0.2) is 0 Å². The second-order valence-corrected chi connectivity index (χ2v) is 5.60. The fourth-order valence-corrected chi connectivity index (χ4v) is 2.78. The maximum Gasteiger partial charge on any atom is 0.0648 e. The van der Waals surface area contributed by atoms with E-state index < -0.39 is 0 Å². The van der Waals surface area contributed by atoms with Crippen LogP contribution in [-0.4, -0.2) is 0 Å². The van der Waals surface area contributed by atoms with Crippen molar-refractivity contribution in [1.29, 1.82) is 0 Å². The number of benzene rings is 1. The van der Waals surface area contributed by atoms with Crippen molar-refractivity contribution in [3.05, 3.63) is 44.0 Å². The molecule has 0 aliphatic heterocycles. The number of nitrogen functional groups attached to an aromatic ring is 1. The molecule has 2 rings (SSSR count). The van der Waals surface area contributed by atoms with Gasteiger partial charge in [-0.3, -0.25) is 0 Å². The zero-order valence-electron chi connectivity index (χ0n) is 8.34. The summed E-state index contributed by atoms with van der Waals surface area (Å²) in [5.74, 6) is 0. The molecule has 0 radical (unpaired) electrons. The predicted octanol–water partition coefficient (Wildman–Crippen LogP) is 4.36. The third-order valence-corrected chi connectivity index (χ3v) is 3.89. The summed E-state index contributed by atoms with van der Waals surface area (Å²) < 4.78 is 0.971. The number of rotatable bonds is 3. The Bertz CT molecular complexity index is 498. The fourth-order valence-electron chi connectivity index (χ4n) is 1.30. The smallest absolute Gasteiger partial charge is 0.0648 e. The molecule has 2 nitrogen and oxygen atoms in total. The summed E-state index contributed by atoms with van der Waals surface area (Å²) in [6.07, 6.45) is 0. The average molecular weight is 318 g/mol. The molecule has 1 heterocycles. The third kappa shape index (κ3) is 2.70. The first-order valence-corrected chi connectivity index (χ1v) is 6.72. The molecule has 84 valence electrons. The first-order valence-electron chi connectivity index (χ1n) is 4.67. The van der Waals surface area contributed by atoms with Crippen LogP contribution in [0.15, 0.2) is 34.1 Å². The van der Waals surface area contributed by atoms with Crippen molar-refractivity contribution in [2.45, 2.75) is 6.54 Å². The number of hydrogen-bond donors (Lipinski definition) is 2. The van der Waals surface area contributed by atoms with Crippen LogP contribution in [0.2, 0.25) is 5.02 Å². The van der Waals surface area contributed by atoms with Crippen molar-refractivity contribution in [2.24, 2.45) is 0 Å². The van der Waals surface area contributed by atoms with Crippen LogP contribution >= 0.6 is 38.9 Å². The van der Waals surface area contributed by atoms with Gasteiger partial charge in [0.1, 0.15) is 0 Å². The van der Waals surface area contributed by atoms with Gasteiger partial charge in [-0.1, -0.05) is 27.5 Å². The SMILES string of the molecule is Nc1ccsc1CNc1ccc(Br)cc1Cl. The lowest BCUT2D eigenvalue weighted by molar-refractivity contribution is 1.19. The predicted molar refractivity (Wildman–Crippen MR) is 75.2 cm³/mol. The van der Waals surface area contributed by atoms with E-state index in [1.807, 2.05) is 29.6 Å². The van der Waals surface area contributed by atoms with E-state index in [0.29, 0.717) is 11.6 Å². The van der Waals surface area contributed by atoms with Crippen LogP contribution in [0.25, 0.3) is 0 Å². The van der Waals surface area contributed by atoms with Gasteiger partial charge in [0.05, 0.1) is 17.3 Å². The molecule has 0 atom stereocenters. The quantitative estimate of drug-likeness (QED) is 0.883. The van der Waals surface area contributed by atoms with Gasteiger partial charge in [-0.2, -0.15) is 0 Å². The molecule has 0 aliphatic carbocycles. The zero-order valence-corrected chi connectivity index (χ0v) is 11.5. The van der Waals surface area contributed by atoms with E-state index in [1.165, 1.54) is 0 Å². The summed E-state index contributed by atoms with van der Waals surface area (Å²) in [7, 11) is 0. The monoisotopic (exact) mass is 316 g/mol. The van der Waals surface area contributed by atoms with Gasteiger partial charge in [-0.05, 0) is 29.6 Å². The van der Waals surface area contributed by atoms with Crippen LogP contribution in [-0.2, 0) is 6.54 Å². The van der Waals surface area contributed by atoms with Crippen LogP contribution in [0.5, 0.6) is 0 Å². The molecule has 0 fully saturated rings. The lowest BCUT2D eigenvalue weighted by Crippen LogP contribution is -2.00. The molecule has 0 aliphatic rings. The molecule has 0 bridgehead atoms. The molecule has 0 saturated heterocycles. The third-order valence-electron chi connectivity index (χ3n) is 2.15. The van der Waals surface area contributed by atoms with E-state index in [1.54, 1.807) is 11.3 Å². The topological polar surface area (TPSA) is 38.0 Å². The molecular weight excluding hydrogens is 308 g/mol. The van der Waals surface area contributed by atoms with Gasteiger partial charge in [0, 0.05) is 15.0 Å². The van der Waals surface area contributed by atoms with Gasteiger partial charge in [-0.15, -0.1) is 11.3 Å². The highest BCUT2D eigenvalue weighted by Crippen LogP contribution is 2.27. The molecule has 1 aromatic carbocycles. The number of nitrogens with two attached hydrogens (primary N) is 1. The fraction of sp³-hybridized carbons (Fsp3) is 0.0909. The molecule has 0 amide bonds. The number of hydrogen-bond acceptors (Lipinski definition) is 3. The number of thiophene rings is 1. The molecule has 3 N–H and O–H groups in total. The Morgan fingerprint density at radius 3 is 2.81 bits per heavy atom. The van der Waals surface area contributed by atoms with Crippen LogP contribution in [0.4, 0.5) is 11.4 Å². The van der Waals surface area contributed by atoms with Crippen molar-refractivity contribution in [3.8, 4) is 0 Å². The highest BCUT2D eigenvalue weighted by atomic mass is 79.9. The minimum atomic E-state index is 0.699. The van der Waals surface area contributed by atoms with Gasteiger partial charge in [0.2, 0.25) is 0 Å².